The zero-order valence-corrected chi connectivity index (χ0v) is 14.4. The SMILES string of the molecule is O=C1O[C@H](N2CCN(Cc3ccc4c(c3)OCO4)CC2)c2ccccc21. The molecule has 1 atom stereocenters. The Labute approximate surface area is 151 Å². The molecular formula is C20H20N2O4. The van der Waals surface area contributed by atoms with E-state index < -0.39 is 0 Å². The Hall–Kier alpha value is -2.57. The predicted octanol–water partition coefficient (Wildman–Crippen LogP) is 2.40. The molecule has 0 radical (unpaired) electrons. The molecule has 3 heterocycles. The minimum atomic E-state index is -0.244. The quantitative estimate of drug-likeness (QED) is 0.791. The normalized spacial score (nSPS) is 22.3. The lowest BCUT2D eigenvalue weighted by molar-refractivity contribution is -0.0419. The van der Waals surface area contributed by atoms with E-state index in [1.165, 1.54) is 5.56 Å². The Bertz CT molecular complexity index is 845. The molecule has 1 fully saturated rings. The molecule has 5 rings (SSSR count). The highest BCUT2D eigenvalue weighted by Crippen LogP contribution is 2.35. The molecule has 0 saturated carbocycles. The standard InChI is InChI=1S/C20H20N2O4/c23-20-16-4-2-1-3-15(16)19(26-20)22-9-7-21(8-10-22)12-14-5-6-17-18(11-14)25-13-24-17/h1-6,11,19H,7-10,12-13H2/t19-/m0/s1. The minimum absolute atomic E-state index is 0.214. The van der Waals surface area contributed by atoms with Crippen molar-refractivity contribution >= 4 is 5.97 Å². The fraction of sp³-hybridized carbons (Fsp3) is 0.350. The summed E-state index contributed by atoms with van der Waals surface area (Å²) in [6.07, 6.45) is -0.244. The van der Waals surface area contributed by atoms with Crippen molar-refractivity contribution in [2.45, 2.75) is 12.8 Å². The molecule has 26 heavy (non-hydrogen) atoms. The van der Waals surface area contributed by atoms with E-state index in [0.29, 0.717) is 12.4 Å². The van der Waals surface area contributed by atoms with Crippen LogP contribution in [-0.4, -0.2) is 48.7 Å². The molecule has 6 heteroatoms. The summed E-state index contributed by atoms with van der Waals surface area (Å²) in [5.74, 6) is 1.43. The van der Waals surface area contributed by atoms with Crippen molar-refractivity contribution in [3.63, 3.8) is 0 Å². The van der Waals surface area contributed by atoms with Gasteiger partial charge in [-0.3, -0.25) is 9.80 Å². The summed E-state index contributed by atoms with van der Waals surface area (Å²) in [4.78, 5) is 16.7. The van der Waals surface area contributed by atoms with Gasteiger partial charge >= 0.3 is 5.97 Å². The van der Waals surface area contributed by atoms with Crippen LogP contribution in [-0.2, 0) is 11.3 Å². The molecule has 0 aliphatic carbocycles. The molecule has 0 bridgehead atoms. The van der Waals surface area contributed by atoms with Crippen molar-refractivity contribution in [2.24, 2.45) is 0 Å². The lowest BCUT2D eigenvalue weighted by atomic mass is 10.1. The van der Waals surface area contributed by atoms with Crippen LogP contribution in [0.3, 0.4) is 0 Å². The monoisotopic (exact) mass is 352 g/mol. The summed E-state index contributed by atoms with van der Waals surface area (Å²) in [5.41, 5.74) is 2.90. The number of esters is 1. The van der Waals surface area contributed by atoms with E-state index in [1.807, 2.05) is 30.3 Å². The first kappa shape index (κ1) is 15.7. The molecule has 6 nitrogen and oxygen atoms in total. The molecule has 0 N–H and O–H groups in total. The van der Waals surface area contributed by atoms with Gasteiger partial charge in [0.1, 0.15) is 0 Å². The number of cyclic esters (lactones) is 1. The van der Waals surface area contributed by atoms with Gasteiger partial charge in [-0.25, -0.2) is 4.79 Å². The number of hydrogen-bond donors (Lipinski definition) is 0. The molecule has 3 aliphatic heterocycles. The van der Waals surface area contributed by atoms with Gasteiger partial charge in [-0.05, 0) is 23.8 Å². The molecular weight excluding hydrogens is 332 g/mol. The Morgan fingerprint density at radius 2 is 1.77 bits per heavy atom. The first-order chi connectivity index (χ1) is 12.8. The van der Waals surface area contributed by atoms with Gasteiger partial charge in [0, 0.05) is 38.3 Å². The van der Waals surface area contributed by atoms with Crippen LogP contribution in [0.25, 0.3) is 0 Å². The van der Waals surface area contributed by atoms with Gasteiger partial charge < -0.3 is 14.2 Å². The van der Waals surface area contributed by atoms with Crippen LogP contribution in [0.1, 0.15) is 27.7 Å². The average molecular weight is 352 g/mol. The van der Waals surface area contributed by atoms with Gasteiger partial charge in [0.05, 0.1) is 5.56 Å². The molecule has 2 aromatic rings. The highest BCUT2D eigenvalue weighted by atomic mass is 16.7. The van der Waals surface area contributed by atoms with Crippen molar-refractivity contribution in [3.8, 4) is 11.5 Å². The van der Waals surface area contributed by atoms with Crippen molar-refractivity contribution in [1.29, 1.82) is 0 Å². The lowest BCUT2D eigenvalue weighted by Crippen LogP contribution is -2.47. The van der Waals surface area contributed by atoms with E-state index >= 15 is 0 Å². The highest BCUT2D eigenvalue weighted by molar-refractivity contribution is 5.93. The second-order valence-electron chi connectivity index (χ2n) is 6.84. The Morgan fingerprint density at radius 1 is 0.962 bits per heavy atom. The number of hydrogen-bond acceptors (Lipinski definition) is 6. The number of piperazine rings is 1. The van der Waals surface area contributed by atoms with Gasteiger partial charge in [0.25, 0.3) is 0 Å². The van der Waals surface area contributed by atoms with Crippen LogP contribution in [0.5, 0.6) is 11.5 Å². The van der Waals surface area contributed by atoms with E-state index in [0.717, 1.165) is 49.8 Å². The van der Waals surface area contributed by atoms with Gasteiger partial charge in [0.2, 0.25) is 6.79 Å². The number of carbonyl (C=O) groups is 1. The van der Waals surface area contributed by atoms with Crippen molar-refractivity contribution in [3.05, 3.63) is 59.2 Å². The Kier molecular flexibility index (Phi) is 3.80. The van der Waals surface area contributed by atoms with Crippen molar-refractivity contribution < 1.29 is 19.0 Å². The summed E-state index contributed by atoms with van der Waals surface area (Å²) in [6.45, 7) is 4.80. The maximum Gasteiger partial charge on any atom is 0.340 e. The van der Waals surface area contributed by atoms with Crippen LogP contribution in [0.2, 0.25) is 0 Å². The maximum atomic E-state index is 12.0. The average Bonchev–Trinajstić information content (AvgIpc) is 3.27. The largest absolute Gasteiger partial charge is 0.454 e. The number of fused-ring (bicyclic) bond motifs is 2. The molecule has 0 aromatic heterocycles. The molecule has 134 valence electrons. The molecule has 2 aromatic carbocycles. The lowest BCUT2D eigenvalue weighted by Gasteiger charge is -2.37. The van der Waals surface area contributed by atoms with E-state index in [4.69, 9.17) is 14.2 Å². The summed E-state index contributed by atoms with van der Waals surface area (Å²) in [6, 6.07) is 13.8. The molecule has 0 amide bonds. The first-order valence-electron chi connectivity index (χ1n) is 8.93. The highest BCUT2D eigenvalue weighted by Gasteiger charge is 2.36. The second-order valence-corrected chi connectivity index (χ2v) is 6.84. The fourth-order valence-electron chi connectivity index (χ4n) is 3.85. The van der Waals surface area contributed by atoms with Gasteiger partial charge in [-0.15, -0.1) is 0 Å². The van der Waals surface area contributed by atoms with Gasteiger partial charge in [-0.2, -0.15) is 0 Å². The molecule has 0 spiro atoms. The van der Waals surface area contributed by atoms with E-state index in [9.17, 15) is 4.79 Å². The minimum Gasteiger partial charge on any atom is -0.454 e. The van der Waals surface area contributed by atoms with Gasteiger partial charge in [-0.1, -0.05) is 24.3 Å². The Balaban J connectivity index is 1.22. The number of benzene rings is 2. The zero-order valence-electron chi connectivity index (χ0n) is 14.4. The van der Waals surface area contributed by atoms with Crippen LogP contribution in [0.4, 0.5) is 0 Å². The fourth-order valence-corrected chi connectivity index (χ4v) is 3.85. The summed E-state index contributed by atoms with van der Waals surface area (Å²) >= 11 is 0. The molecule has 1 saturated heterocycles. The number of nitrogens with zero attached hydrogens (tertiary/aromatic N) is 2. The van der Waals surface area contributed by atoms with Crippen LogP contribution < -0.4 is 9.47 Å². The third-order valence-electron chi connectivity index (χ3n) is 5.25. The van der Waals surface area contributed by atoms with E-state index in [1.54, 1.807) is 0 Å². The third kappa shape index (κ3) is 2.71. The molecule has 3 aliphatic rings. The zero-order chi connectivity index (χ0) is 17.5. The van der Waals surface area contributed by atoms with Crippen LogP contribution in [0, 0.1) is 0 Å². The second kappa shape index (κ2) is 6.30. The van der Waals surface area contributed by atoms with Crippen LogP contribution in [0.15, 0.2) is 42.5 Å². The summed E-state index contributed by atoms with van der Waals surface area (Å²) in [5, 5.41) is 0. The van der Waals surface area contributed by atoms with Crippen LogP contribution >= 0.6 is 0 Å². The topological polar surface area (TPSA) is 51.2 Å². The maximum absolute atomic E-state index is 12.0. The smallest absolute Gasteiger partial charge is 0.340 e. The van der Waals surface area contributed by atoms with Crippen molar-refractivity contribution in [2.75, 3.05) is 33.0 Å². The number of carbonyl (C=O) groups excluding carboxylic acids is 1. The summed E-state index contributed by atoms with van der Waals surface area (Å²) < 4.78 is 16.4. The number of rotatable bonds is 3. The van der Waals surface area contributed by atoms with Gasteiger partial charge in [0.15, 0.2) is 17.7 Å². The summed E-state index contributed by atoms with van der Waals surface area (Å²) in [7, 11) is 0. The Morgan fingerprint density at radius 3 is 2.65 bits per heavy atom. The predicted molar refractivity (Wildman–Crippen MR) is 94.0 cm³/mol. The van der Waals surface area contributed by atoms with Crippen molar-refractivity contribution in [1.82, 2.24) is 9.80 Å². The van der Waals surface area contributed by atoms with E-state index in [2.05, 4.69) is 21.9 Å². The van der Waals surface area contributed by atoms with E-state index in [-0.39, 0.29) is 12.2 Å². The molecule has 0 unspecified atom stereocenters. The third-order valence-corrected chi connectivity index (χ3v) is 5.25. The first-order valence-corrected chi connectivity index (χ1v) is 8.93. The number of ether oxygens (including phenoxy) is 3.